The highest BCUT2D eigenvalue weighted by Gasteiger charge is 2.06. The van der Waals surface area contributed by atoms with E-state index in [1.54, 1.807) is 25.3 Å². The first-order chi connectivity index (χ1) is 7.65. The van der Waals surface area contributed by atoms with E-state index in [4.69, 9.17) is 16.3 Å². The minimum atomic E-state index is -0.120. The Morgan fingerprint density at radius 1 is 1.56 bits per heavy atom. The van der Waals surface area contributed by atoms with E-state index >= 15 is 0 Å². The van der Waals surface area contributed by atoms with E-state index in [2.05, 4.69) is 21.2 Å². The lowest BCUT2D eigenvalue weighted by Crippen LogP contribution is -2.25. The number of hydrogen-bond acceptors (Lipinski definition) is 2. The van der Waals surface area contributed by atoms with E-state index in [1.807, 2.05) is 0 Å². The molecule has 0 saturated carbocycles. The Kier molecular flexibility index (Phi) is 5.80. The molecule has 1 rings (SSSR count). The maximum atomic E-state index is 11.6. The summed E-state index contributed by atoms with van der Waals surface area (Å²) in [7, 11) is 1.64. The van der Waals surface area contributed by atoms with Gasteiger partial charge in [0.1, 0.15) is 0 Å². The van der Waals surface area contributed by atoms with Crippen LogP contribution in [0.3, 0.4) is 0 Å². The quantitative estimate of drug-likeness (QED) is 0.850. The summed E-state index contributed by atoms with van der Waals surface area (Å²) < 4.78 is 5.67. The summed E-state index contributed by atoms with van der Waals surface area (Å²) in [4.78, 5) is 11.6. The van der Waals surface area contributed by atoms with Crippen LogP contribution in [0.5, 0.6) is 0 Å². The minimum Gasteiger partial charge on any atom is -0.385 e. The molecule has 0 radical (unpaired) electrons. The summed E-state index contributed by atoms with van der Waals surface area (Å²) >= 11 is 9.17. The fraction of sp³-hybridized carbons (Fsp3) is 0.364. The molecule has 0 heterocycles. The molecule has 1 N–H and O–H groups in total. The molecule has 1 aromatic carbocycles. The molecule has 0 aliphatic carbocycles. The molecule has 3 nitrogen and oxygen atoms in total. The van der Waals surface area contributed by atoms with Gasteiger partial charge in [-0.25, -0.2) is 0 Å². The molecule has 0 aliphatic rings. The normalized spacial score (nSPS) is 10.2. The Bertz CT molecular complexity index is 371. The van der Waals surface area contributed by atoms with E-state index in [-0.39, 0.29) is 5.91 Å². The molecule has 0 spiro atoms. The Balaban J connectivity index is 2.50. The van der Waals surface area contributed by atoms with Gasteiger partial charge in [0, 0.05) is 30.3 Å². The smallest absolute Gasteiger partial charge is 0.251 e. The van der Waals surface area contributed by atoms with Gasteiger partial charge in [0.15, 0.2) is 0 Å². The second kappa shape index (κ2) is 6.89. The molecule has 0 bridgehead atoms. The number of hydrogen-bond donors (Lipinski definition) is 1. The van der Waals surface area contributed by atoms with Crippen LogP contribution in [-0.2, 0) is 4.74 Å². The topological polar surface area (TPSA) is 38.3 Å². The van der Waals surface area contributed by atoms with E-state index < -0.39 is 0 Å². The largest absolute Gasteiger partial charge is 0.385 e. The number of carbonyl (C=O) groups excluding carboxylic acids is 1. The predicted octanol–water partition coefficient (Wildman–Crippen LogP) is 2.87. The van der Waals surface area contributed by atoms with Crippen LogP contribution >= 0.6 is 27.5 Å². The van der Waals surface area contributed by atoms with Gasteiger partial charge in [0.2, 0.25) is 0 Å². The summed E-state index contributed by atoms with van der Waals surface area (Å²) in [5.74, 6) is -0.120. The van der Waals surface area contributed by atoms with Gasteiger partial charge in [-0.1, -0.05) is 11.6 Å². The van der Waals surface area contributed by atoms with Crippen molar-refractivity contribution in [1.29, 1.82) is 0 Å². The van der Waals surface area contributed by atoms with Crippen molar-refractivity contribution >= 4 is 33.4 Å². The third kappa shape index (κ3) is 4.12. The zero-order valence-electron chi connectivity index (χ0n) is 8.93. The monoisotopic (exact) mass is 305 g/mol. The Morgan fingerprint density at radius 3 is 2.94 bits per heavy atom. The summed E-state index contributed by atoms with van der Waals surface area (Å²) in [5.41, 5.74) is 0.561. The van der Waals surface area contributed by atoms with Crippen LogP contribution in [0.25, 0.3) is 0 Å². The van der Waals surface area contributed by atoms with Gasteiger partial charge in [0.25, 0.3) is 5.91 Å². The number of methoxy groups -OCH3 is 1. The fourth-order valence-electron chi connectivity index (χ4n) is 1.16. The standard InChI is InChI=1S/C11H13BrClNO2/c1-16-6-2-5-14-11(15)8-3-4-9(12)10(13)7-8/h3-4,7H,2,5-6H2,1H3,(H,14,15). The van der Waals surface area contributed by atoms with Gasteiger partial charge >= 0.3 is 0 Å². The van der Waals surface area contributed by atoms with Crippen molar-refractivity contribution in [2.75, 3.05) is 20.3 Å². The summed E-state index contributed by atoms with van der Waals surface area (Å²) in [5, 5.41) is 3.32. The van der Waals surface area contributed by atoms with Crippen molar-refractivity contribution in [2.24, 2.45) is 0 Å². The molecule has 0 saturated heterocycles. The fourth-order valence-corrected chi connectivity index (χ4v) is 1.59. The average Bonchev–Trinajstić information content (AvgIpc) is 2.28. The second-order valence-corrected chi connectivity index (χ2v) is 4.49. The maximum absolute atomic E-state index is 11.6. The van der Waals surface area contributed by atoms with Crippen LogP contribution in [0.2, 0.25) is 5.02 Å². The highest BCUT2D eigenvalue weighted by atomic mass is 79.9. The molecule has 0 aromatic heterocycles. The molecule has 1 aromatic rings. The number of halogens is 2. The van der Waals surface area contributed by atoms with Crippen LogP contribution in [-0.4, -0.2) is 26.2 Å². The van der Waals surface area contributed by atoms with Gasteiger partial charge in [0.05, 0.1) is 5.02 Å². The maximum Gasteiger partial charge on any atom is 0.251 e. The van der Waals surface area contributed by atoms with Crippen molar-refractivity contribution in [3.8, 4) is 0 Å². The second-order valence-electron chi connectivity index (χ2n) is 3.23. The molecule has 16 heavy (non-hydrogen) atoms. The Morgan fingerprint density at radius 2 is 2.31 bits per heavy atom. The number of rotatable bonds is 5. The lowest BCUT2D eigenvalue weighted by Gasteiger charge is -2.05. The van der Waals surface area contributed by atoms with Crippen molar-refractivity contribution < 1.29 is 9.53 Å². The molecule has 1 amide bonds. The molecular formula is C11H13BrClNO2. The van der Waals surface area contributed by atoms with E-state index in [1.165, 1.54) is 0 Å². The molecular weight excluding hydrogens is 293 g/mol. The van der Waals surface area contributed by atoms with Crippen molar-refractivity contribution in [3.05, 3.63) is 33.3 Å². The van der Waals surface area contributed by atoms with Crippen molar-refractivity contribution in [1.82, 2.24) is 5.32 Å². The van der Waals surface area contributed by atoms with Crippen molar-refractivity contribution in [2.45, 2.75) is 6.42 Å². The minimum absolute atomic E-state index is 0.120. The number of amides is 1. The Hall–Kier alpha value is -0.580. The number of nitrogens with one attached hydrogen (secondary N) is 1. The molecule has 0 fully saturated rings. The highest BCUT2D eigenvalue weighted by molar-refractivity contribution is 9.10. The van der Waals surface area contributed by atoms with Crippen LogP contribution in [0.4, 0.5) is 0 Å². The molecule has 0 unspecified atom stereocenters. The SMILES string of the molecule is COCCCNC(=O)c1ccc(Br)c(Cl)c1. The van der Waals surface area contributed by atoms with Crippen LogP contribution < -0.4 is 5.32 Å². The van der Waals surface area contributed by atoms with Crippen LogP contribution in [0.15, 0.2) is 22.7 Å². The zero-order valence-corrected chi connectivity index (χ0v) is 11.3. The van der Waals surface area contributed by atoms with Gasteiger partial charge < -0.3 is 10.1 Å². The van der Waals surface area contributed by atoms with E-state index in [0.29, 0.717) is 23.7 Å². The van der Waals surface area contributed by atoms with Gasteiger partial charge in [-0.05, 0) is 40.5 Å². The number of carbonyl (C=O) groups is 1. The van der Waals surface area contributed by atoms with E-state index in [0.717, 1.165) is 10.9 Å². The highest BCUT2D eigenvalue weighted by Crippen LogP contribution is 2.22. The van der Waals surface area contributed by atoms with Crippen LogP contribution in [0.1, 0.15) is 16.8 Å². The lowest BCUT2D eigenvalue weighted by molar-refractivity contribution is 0.0948. The molecule has 0 atom stereocenters. The first-order valence-corrected chi connectivity index (χ1v) is 6.04. The first kappa shape index (κ1) is 13.5. The lowest BCUT2D eigenvalue weighted by atomic mass is 10.2. The summed E-state index contributed by atoms with van der Waals surface area (Å²) in [6.45, 7) is 1.24. The van der Waals surface area contributed by atoms with Crippen molar-refractivity contribution in [3.63, 3.8) is 0 Å². The van der Waals surface area contributed by atoms with E-state index in [9.17, 15) is 4.79 Å². The number of benzene rings is 1. The van der Waals surface area contributed by atoms with Crippen LogP contribution in [0, 0.1) is 0 Å². The Labute approximate surface area is 108 Å². The predicted molar refractivity (Wildman–Crippen MR) is 68.0 cm³/mol. The van der Waals surface area contributed by atoms with Gasteiger partial charge in [-0.3, -0.25) is 4.79 Å². The average molecular weight is 307 g/mol. The molecule has 0 aliphatic heterocycles. The third-order valence-electron chi connectivity index (χ3n) is 1.99. The first-order valence-electron chi connectivity index (χ1n) is 4.87. The van der Waals surface area contributed by atoms with Gasteiger partial charge in [-0.2, -0.15) is 0 Å². The molecule has 5 heteroatoms. The molecule has 88 valence electrons. The summed E-state index contributed by atoms with van der Waals surface area (Å²) in [6.07, 6.45) is 0.798. The van der Waals surface area contributed by atoms with Gasteiger partial charge in [-0.15, -0.1) is 0 Å². The third-order valence-corrected chi connectivity index (χ3v) is 3.23. The zero-order chi connectivity index (χ0) is 12.0. The number of ether oxygens (including phenoxy) is 1. The summed E-state index contributed by atoms with van der Waals surface area (Å²) in [6, 6.07) is 5.12.